The largest absolute Gasteiger partial charge is 0.490 e. The van der Waals surface area contributed by atoms with Crippen LogP contribution in [0.5, 0.6) is 17.2 Å². The molecule has 0 atom stereocenters. The Morgan fingerprint density at radius 2 is 1.58 bits per heavy atom. The third-order valence-electron chi connectivity index (χ3n) is 4.46. The number of allylic oxidation sites excluding steroid dienone is 1. The summed E-state index contributed by atoms with van der Waals surface area (Å²) in [5.74, 6) is 8.42. The van der Waals surface area contributed by atoms with Crippen molar-refractivity contribution >= 4 is 5.71 Å². The van der Waals surface area contributed by atoms with Crippen LogP contribution in [0.1, 0.15) is 37.0 Å². The second-order valence-electron chi connectivity index (χ2n) is 6.80. The molecular weight excluding hydrogens is 390 g/mol. The van der Waals surface area contributed by atoms with Gasteiger partial charge < -0.3 is 19.0 Å². The summed E-state index contributed by atoms with van der Waals surface area (Å²) >= 11 is 0. The highest BCUT2D eigenvalue weighted by atomic mass is 16.6. The fourth-order valence-corrected chi connectivity index (χ4v) is 2.97. The number of hydrogen-bond acceptors (Lipinski definition) is 5. The average molecular weight is 422 g/mol. The molecule has 0 aromatic heterocycles. The van der Waals surface area contributed by atoms with Gasteiger partial charge in [0, 0.05) is 0 Å². The van der Waals surface area contributed by atoms with E-state index >= 15 is 0 Å². The van der Waals surface area contributed by atoms with Crippen LogP contribution in [-0.4, -0.2) is 32.6 Å². The van der Waals surface area contributed by atoms with Crippen LogP contribution in [0.4, 0.5) is 0 Å². The summed E-state index contributed by atoms with van der Waals surface area (Å²) in [5.41, 5.74) is 3.96. The van der Waals surface area contributed by atoms with Gasteiger partial charge in [-0.1, -0.05) is 36.1 Å². The molecule has 0 bridgehead atoms. The number of aryl methyl sites for hydroxylation is 2. The molecule has 31 heavy (non-hydrogen) atoms. The van der Waals surface area contributed by atoms with Gasteiger partial charge in [-0.3, -0.25) is 0 Å². The topological polar surface area (TPSA) is 49.3 Å². The van der Waals surface area contributed by atoms with E-state index in [2.05, 4.69) is 17.0 Å². The lowest BCUT2D eigenvalue weighted by Gasteiger charge is -2.12. The molecule has 2 aromatic rings. The van der Waals surface area contributed by atoms with Crippen molar-refractivity contribution in [2.45, 2.75) is 34.1 Å². The first-order valence-electron chi connectivity index (χ1n) is 10.4. The van der Waals surface area contributed by atoms with Crippen molar-refractivity contribution in [1.82, 2.24) is 0 Å². The molecule has 0 spiro atoms. The van der Waals surface area contributed by atoms with Gasteiger partial charge in [0.1, 0.15) is 44.2 Å². The maximum Gasteiger partial charge on any atom is 0.149 e. The smallest absolute Gasteiger partial charge is 0.149 e. The quantitative estimate of drug-likeness (QED) is 0.221. The fraction of sp³-hybridized carbons (Fsp3) is 0.346. The Labute approximate surface area is 185 Å². The van der Waals surface area contributed by atoms with E-state index in [9.17, 15) is 0 Å². The van der Waals surface area contributed by atoms with Crippen LogP contribution in [0, 0.1) is 25.7 Å². The normalized spacial score (nSPS) is 11.1. The van der Waals surface area contributed by atoms with Crippen LogP contribution in [0.3, 0.4) is 0 Å². The summed E-state index contributed by atoms with van der Waals surface area (Å²) in [6.45, 7) is 9.18. The molecule has 5 nitrogen and oxygen atoms in total. The molecule has 2 aromatic carbocycles. The van der Waals surface area contributed by atoms with Crippen molar-refractivity contribution in [1.29, 1.82) is 0 Å². The zero-order chi connectivity index (χ0) is 22.5. The van der Waals surface area contributed by atoms with E-state index in [0.717, 1.165) is 46.1 Å². The number of hydrogen-bond donors (Lipinski definition) is 0. The molecule has 5 heteroatoms. The second-order valence-corrected chi connectivity index (χ2v) is 6.80. The Kier molecular flexibility index (Phi) is 10.0. The first kappa shape index (κ1) is 23.9. The minimum atomic E-state index is 0.297. The lowest BCUT2D eigenvalue weighted by atomic mass is 10.1. The molecular formula is C26H31NO4. The van der Waals surface area contributed by atoms with E-state index in [-0.39, 0.29) is 0 Å². The van der Waals surface area contributed by atoms with Crippen molar-refractivity contribution in [3.8, 4) is 29.1 Å². The number of rotatable bonds is 10. The molecule has 0 fully saturated rings. The number of oxime groups is 1. The van der Waals surface area contributed by atoms with Gasteiger partial charge in [-0.05, 0) is 80.3 Å². The van der Waals surface area contributed by atoms with Gasteiger partial charge in [-0.25, -0.2) is 0 Å². The van der Waals surface area contributed by atoms with Crippen LogP contribution < -0.4 is 14.2 Å². The third-order valence-corrected chi connectivity index (χ3v) is 4.46. The lowest BCUT2D eigenvalue weighted by molar-refractivity contribution is 0.213. The highest BCUT2D eigenvalue weighted by Crippen LogP contribution is 2.28. The molecule has 0 radical (unpaired) electrons. The molecule has 0 heterocycles. The Hall–Kier alpha value is -3.39. The maximum atomic E-state index is 5.85. The number of benzene rings is 2. The van der Waals surface area contributed by atoms with Crippen LogP contribution in [0.25, 0.3) is 0 Å². The van der Waals surface area contributed by atoms with Crippen molar-refractivity contribution in [3.05, 3.63) is 65.2 Å². The molecule has 0 saturated heterocycles. The highest BCUT2D eigenvalue weighted by Gasteiger charge is 2.07. The Morgan fingerprint density at radius 1 is 0.935 bits per heavy atom. The van der Waals surface area contributed by atoms with Gasteiger partial charge in [-0.15, -0.1) is 0 Å². The molecule has 0 amide bonds. The van der Waals surface area contributed by atoms with E-state index in [0.29, 0.717) is 19.8 Å². The monoisotopic (exact) mass is 421 g/mol. The molecule has 0 saturated carbocycles. The van der Waals surface area contributed by atoms with Crippen LogP contribution in [0.2, 0.25) is 0 Å². The Morgan fingerprint density at radius 3 is 2.16 bits per heavy atom. The number of nitrogens with zero attached hydrogens (tertiary/aromatic N) is 1. The van der Waals surface area contributed by atoms with Gasteiger partial charge in [0.25, 0.3) is 0 Å². The lowest BCUT2D eigenvalue weighted by Crippen LogP contribution is -2.02. The second kappa shape index (κ2) is 13.0. The number of ether oxygens (including phenoxy) is 3. The fourth-order valence-electron chi connectivity index (χ4n) is 2.97. The predicted octanol–water partition coefficient (Wildman–Crippen LogP) is 5.48. The van der Waals surface area contributed by atoms with Gasteiger partial charge in [-0.2, -0.15) is 0 Å². The average Bonchev–Trinajstić information content (AvgIpc) is 2.76. The van der Waals surface area contributed by atoms with Crippen molar-refractivity contribution in [2.75, 3.05) is 26.9 Å². The summed E-state index contributed by atoms with van der Waals surface area (Å²) in [6, 6.07) is 11.7. The van der Waals surface area contributed by atoms with Crippen molar-refractivity contribution in [2.24, 2.45) is 5.16 Å². The van der Waals surface area contributed by atoms with Gasteiger partial charge in [0.2, 0.25) is 0 Å². The summed E-state index contributed by atoms with van der Waals surface area (Å²) in [6.07, 6.45) is 4.73. The molecule has 0 N–H and O–H groups in total. The Bertz CT molecular complexity index is 927. The van der Waals surface area contributed by atoms with Gasteiger partial charge >= 0.3 is 0 Å². The molecule has 164 valence electrons. The first-order chi connectivity index (χ1) is 15.1. The van der Waals surface area contributed by atoms with Crippen LogP contribution in [0.15, 0.2) is 53.7 Å². The van der Waals surface area contributed by atoms with Gasteiger partial charge in [0.05, 0.1) is 5.71 Å². The summed E-state index contributed by atoms with van der Waals surface area (Å²) < 4.78 is 17.2. The van der Waals surface area contributed by atoms with E-state index < -0.39 is 0 Å². The molecule has 0 aliphatic carbocycles. The van der Waals surface area contributed by atoms with E-state index in [1.165, 1.54) is 0 Å². The first-order valence-corrected chi connectivity index (χ1v) is 10.4. The van der Waals surface area contributed by atoms with Crippen LogP contribution in [-0.2, 0) is 4.84 Å². The maximum absolute atomic E-state index is 5.85. The zero-order valence-electron chi connectivity index (χ0n) is 19.0. The Balaban J connectivity index is 1.83. The molecule has 2 rings (SSSR count). The van der Waals surface area contributed by atoms with E-state index in [1.54, 1.807) is 7.11 Å². The SMILES string of the molecule is C/C=C/COc1cc(C)c(OCC#CCOc2ccc(/C(CC)=N/OC)cc2)c(C)c1. The summed E-state index contributed by atoms with van der Waals surface area (Å²) in [4.78, 5) is 4.87. The minimum Gasteiger partial charge on any atom is -0.490 e. The molecule has 0 aliphatic rings. The standard InChI is InChI=1S/C26H31NO4/c1-6-8-15-30-24-18-20(3)26(21(4)19-24)31-17-10-9-16-29-23-13-11-22(12-14-23)25(7-2)27-28-5/h6,8,11-14,18-19H,7,15-17H2,1-5H3/b8-6+,27-25+. The predicted molar refractivity (Wildman–Crippen MR) is 125 cm³/mol. The highest BCUT2D eigenvalue weighted by molar-refractivity contribution is 6.00. The van der Waals surface area contributed by atoms with E-state index in [1.807, 2.05) is 76.2 Å². The summed E-state index contributed by atoms with van der Waals surface area (Å²) in [5, 5.41) is 4.03. The molecule has 0 unspecified atom stereocenters. The molecule has 0 aliphatic heterocycles. The minimum absolute atomic E-state index is 0.297. The van der Waals surface area contributed by atoms with Gasteiger partial charge in [0.15, 0.2) is 0 Å². The summed E-state index contributed by atoms with van der Waals surface area (Å²) in [7, 11) is 1.55. The van der Waals surface area contributed by atoms with Crippen LogP contribution >= 0.6 is 0 Å². The van der Waals surface area contributed by atoms with Crippen molar-refractivity contribution < 1.29 is 19.0 Å². The van der Waals surface area contributed by atoms with Crippen molar-refractivity contribution in [3.63, 3.8) is 0 Å². The zero-order valence-corrected chi connectivity index (χ0v) is 19.0. The third kappa shape index (κ3) is 7.75. The van der Waals surface area contributed by atoms with E-state index in [4.69, 9.17) is 19.0 Å².